The molecule has 0 radical (unpaired) electrons. The van der Waals surface area contributed by atoms with Crippen LogP contribution >= 0.6 is 0 Å². The Hall–Kier alpha value is -5.23. The van der Waals surface area contributed by atoms with E-state index in [1.165, 1.54) is 9.47 Å². The Morgan fingerprint density at radius 2 is 1.62 bits per heavy atom. The smallest absolute Gasteiger partial charge is 0.405 e. The minimum absolute atomic E-state index is 0.125. The van der Waals surface area contributed by atoms with E-state index in [0.717, 1.165) is 0 Å². The molecule has 3 aromatic carbocycles. The predicted molar refractivity (Wildman–Crippen MR) is 145 cm³/mol. The number of carboxylic acid groups (broad SMARTS) is 1. The number of imide groups is 1. The van der Waals surface area contributed by atoms with Gasteiger partial charge in [0.25, 0.3) is 17.4 Å². The predicted octanol–water partition coefficient (Wildman–Crippen LogP) is 4.14. The molecular weight excluding hydrogens is 496 g/mol. The van der Waals surface area contributed by atoms with E-state index in [9.17, 15) is 24.3 Å². The van der Waals surface area contributed by atoms with Crippen molar-refractivity contribution in [3.05, 3.63) is 106 Å². The van der Waals surface area contributed by atoms with Gasteiger partial charge >= 0.3 is 6.09 Å². The van der Waals surface area contributed by atoms with Crippen LogP contribution in [0, 0.1) is 11.8 Å². The number of hydrogen-bond donors (Lipinski definition) is 2. The van der Waals surface area contributed by atoms with E-state index in [1.54, 1.807) is 66.7 Å². The maximum Gasteiger partial charge on any atom is 0.405 e. The second kappa shape index (κ2) is 10.6. The molecule has 3 amide bonds. The Labute approximate surface area is 223 Å². The van der Waals surface area contributed by atoms with Crippen molar-refractivity contribution in [3.63, 3.8) is 0 Å². The first-order chi connectivity index (χ1) is 18.9. The van der Waals surface area contributed by atoms with Crippen LogP contribution in [0.2, 0.25) is 0 Å². The van der Waals surface area contributed by atoms with Crippen molar-refractivity contribution >= 4 is 28.8 Å². The molecule has 1 aromatic heterocycles. The Bertz CT molecular complexity index is 1700. The molecule has 0 spiro atoms. The second-order valence-electron chi connectivity index (χ2n) is 8.92. The van der Waals surface area contributed by atoms with Crippen LogP contribution in [0.15, 0.2) is 77.6 Å². The first-order valence-electron chi connectivity index (χ1n) is 12.4. The molecule has 1 atom stereocenters. The maximum absolute atomic E-state index is 13.9. The molecule has 0 fully saturated rings. The average Bonchev–Trinajstić information content (AvgIpc) is 3.19. The van der Waals surface area contributed by atoms with Crippen LogP contribution in [-0.4, -0.2) is 44.0 Å². The van der Waals surface area contributed by atoms with Crippen LogP contribution < -0.4 is 10.9 Å². The van der Waals surface area contributed by atoms with Crippen LogP contribution in [0.5, 0.6) is 0 Å². The van der Waals surface area contributed by atoms with E-state index in [4.69, 9.17) is 4.98 Å². The van der Waals surface area contributed by atoms with E-state index < -0.39 is 12.1 Å². The van der Waals surface area contributed by atoms with Crippen molar-refractivity contribution in [2.24, 2.45) is 0 Å². The zero-order chi connectivity index (χ0) is 27.5. The lowest BCUT2D eigenvalue weighted by Gasteiger charge is -2.20. The first kappa shape index (κ1) is 25.4. The average molecular weight is 521 g/mol. The lowest BCUT2D eigenvalue weighted by Crippen LogP contribution is -2.33. The van der Waals surface area contributed by atoms with Crippen molar-refractivity contribution < 1.29 is 19.5 Å². The minimum Gasteiger partial charge on any atom is -0.465 e. The Morgan fingerprint density at radius 3 is 2.26 bits per heavy atom. The number of fused-ring (bicyclic) bond motifs is 2. The largest absolute Gasteiger partial charge is 0.465 e. The molecule has 0 aliphatic carbocycles. The quantitative estimate of drug-likeness (QED) is 0.291. The van der Waals surface area contributed by atoms with Gasteiger partial charge in [0.2, 0.25) is 0 Å². The summed E-state index contributed by atoms with van der Waals surface area (Å²) in [6, 6.07) is 20.0. The van der Waals surface area contributed by atoms with Gasteiger partial charge in [-0.1, -0.05) is 55.2 Å². The zero-order valence-electron chi connectivity index (χ0n) is 21.0. The summed E-state index contributed by atoms with van der Waals surface area (Å²) in [4.78, 5) is 56.5. The molecule has 194 valence electrons. The van der Waals surface area contributed by atoms with Crippen molar-refractivity contribution in [2.45, 2.75) is 25.8 Å². The summed E-state index contributed by atoms with van der Waals surface area (Å²) in [5, 5.41) is 12.1. The molecule has 5 rings (SSSR count). The fourth-order valence-corrected chi connectivity index (χ4v) is 4.68. The number of aromatic nitrogens is 2. The van der Waals surface area contributed by atoms with E-state index in [2.05, 4.69) is 17.2 Å². The highest BCUT2D eigenvalue weighted by Gasteiger charge is 2.34. The molecule has 39 heavy (non-hydrogen) atoms. The van der Waals surface area contributed by atoms with Crippen molar-refractivity contribution in [1.82, 2.24) is 19.8 Å². The summed E-state index contributed by atoms with van der Waals surface area (Å²) in [6.07, 6.45) is -0.608. The van der Waals surface area contributed by atoms with E-state index in [0.29, 0.717) is 39.7 Å². The van der Waals surface area contributed by atoms with Crippen LogP contribution in [0.1, 0.15) is 57.9 Å². The highest BCUT2D eigenvalue weighted by Crippen LogP contribution is 2.23. The van der Waals surface area contributed by atoms with Crippen LogP contribution in [0.4, 0.5) is 4.79 Å². The SMILES string of the molecule is CC[C@H](NC(=O)O)c1nc2cccc(C#CCCN3C(=O)c4ccccc4C3=O)c2c(=O)n1-c1ccccc1. The summed E-state index contributed by atoms with van der Waals surface area (Å²) < 4.78 is 1.41. The lowest BCUT2D eigenvalue weighted by molar-refractivity contribution is 0.0657. The molecule has 9 heteroatoms. The molecule has 9 nitrogen and oxygen atoms in total. The van der Waals surface area contributed by atoms with Gasteiger partial charge in [-0.3, -0.25) is 23.9 Å². The third-order valence-corrected chi connectivity index (χ3v) is 6.52. The number of amides is 3. The Balaban J connectivity index is 1.52. The number of rotatable bonds is 6. The van der Waals surface area contributed by atoms with E-state index >= 15 is 0 Å². The fourth-order valence-electron chi connectivity index (χ4n) is 4.68. The third kappa shape index (κ3) is 4.76. The monoisotopic (exact) mass is 520 g/mol. The molecule has 2 heterocycles. The van der Waals surface area contributed by atoms with Crippen molar-refractivity contribution in [2.75, 3.05) is 6.54 Å². The van der Waals surface area contributed by atoms with Crippen LogP contribution in [0.25, 0.3) is 16.6 Å². The number of nitrogens with zero attached hydrogens (tertiary/aromatic N) is 3. The summed E-state index contributed by atoms with van der Waals surface area (Å²) in [5.41, 5.74) is 1.78. The third-order valence-electron chi connectivity index (χ3n) is 6.52. The number of benzene rings is 3. The highest BCUT2D eigenvalue weighted by atomic mass is 16.4. The Morgan fingerprint density at radius 1 is 0.949 bits per heavy atom. The van der Waals surface area contributed by atoms with Crippen molar-refractivity contribution in [1.29, 1.82) is 0 Å². The molecule has 1 aliphatic heterocycles. The molecular formula is C30H24N4O5. The van der Waals surface area contributed by atoms with Gasteiger partial charge in [0.05, 0.1) is 33.8 Å². The van der Waals surface area contributed by atoms with E-state index in [1.807, 2.05) is 13.0 Å². The minimum atomic E-state index is -1.21. The molecule has 0 saturated carbocycles. The Kier molecular flexibility index (Phi) is 6.93. The summed E-state index contributed by atoms with van der Waals surface area (Å²) in [7, 11) is 0. The number of nitrogens with one attached hydrogen (secondary N) is 1. The molecule has 2 N–H and O–H groups in total. The van der Waals surface area contributed by atoms with Gasteiger partial charge in [-0.05, 0) is 42.8 Å². The van der Waals surface area contributed by atoms with Gasteiger partial charge in [0, 0.05) is 18.5 Å². The highest BCUT2D eigenvalue weighted by molar-refractivity contribution is 6.21. The number of carbonyl (C=O) groups is 3. The van der Waals surface area contributed by atoms with Gasteiger partial charge in [0.15, 0.2) is 0 Å². The molecule has 0 unspecified atom stereocenters. The molecule has 4 aromatic rings. The van der Waals surface area contributed by atoms with Gasteiger partial charge in [-0.15, -0.1) is 0 Å². The fraction of sp³-hybridized carbons (Fsp3) is 0.167. The number of hydrogen-bond acceptors (Lipinski definition) is 5. The molecule has 0 bridgehead atoms. The normalized spacial score (nSPS) is 13.1. The van der Waals surface area contributed by atoms with Gasteiger partial charge in [-0.25, -0.2) is 9.78 Å². The van der Waals surface area contributed by atoms with Crippen LogP contribution in [-0.2, 0) is 0 Å². The van der Waals surface area contributed by atoms with Crippen molar-refractivity contribution in [3.8, 4) is 17.5 Å². The molecule has 0 saturated heterocycles. The standard InChI is InChI=1S/C30H24N4O5/c1-2-23(32-30(38)39)26-31-24-17-10-12-19(25(24)29(37)34(26)20-13-4-3-5-14-20)11-8-9-18-33-27(35)21-15-6-7-16-22(21)28(33)36/h3-7,10,12-17,23,32H,2,9,18H2,1H3,(H,38,39)/t23-/m0/s1. The van der Waals surface area contributed by atoms with Gasteiger partial charge in [-0.2, -0.15) is 0 Å². The number of carbonyl (C=O) groups excluding carboxylic acids is 2. The second-order valence-corrected chi connectivity index (χ2v) is 8.92. The molecule has 1 aliphatic rings. The van der Waals surface area contributed by atoms with Gasteiger partial charge in [0.1, 0.15) is 5.82 Å². The summed E-state index contributed by atoms with van der Waals surface area (Å²) in [5.74, 6) is 5.60. The lowest BCUT2D eigenvalue weighted by atomic mass is 10.1. The first-order valence-corrected chi connectivity index (χ1v) is 12.4. The summed E-state index contributed by atoms with van der Waals surface area (Å²) >= 11 is 0. The summed E-state index contributed by atoms with van der Waals surface area (Å²) in [6.45, 7) is 1.93. The van der Waals surface area contributed by atoms with E-state index in [-0.39, 0.29) is 36.2 Å². The number of para-hydroxylation sites is 1. The topological polar surface area (TPSA) is 122 Å². The maximum atomic E-state index is 13.9. The zero-order valence-corrected chi connectivity index (χ0v) is 21.0. The van der Waals surface area contributed by atoms with Crippen LogP contribution in [0.3, 0.4) is 0 Å². The van der Waals surface area contributed by atoms with Gasteiger partial charge < -0.3 is 10.4 Å².